The molecule has 0 saturated carbocycles. The molecule has 47 heavy (non-hydrogen) atoms. The largest absolute Gasteiger partial charge is 0.498 e. The highest BCUT2D eigenvalue weighted by molar-refractivity contribution is 6.62. The van der Waals surface area contributed by atoms with Crippen molar-refractivity contribution in [3.63, 3.8) is 0 Å². The number of rotatable bonds is 2. The summed E-state index contributed by atoms with van der Waals surface area (Å²) in [5, 5.41) is 12.2. The van der Waals surface area contributed by atoms with Gasteiger partial charge in [0.25, 0.3) is 0 Å². The van der Waals surface area contributed by atoms with Gasteiger partial charge in [0.2, 0.25) is 0 Å². The van der Waals surface area contributed by atoms with E-state index in [2.05, 4.69) is 26.2 Å². The second kappa shape index (κ2) is 14.3. The number of hydrogen-bond donors (Lipinski definition) is 0. The number of nitrogens with zero attached hydrogens (tertiary/aromatic N) is 6. The third kappa shape index (κ3) is 7.99. The Morgan fingerprint density at radius 2 is 1.21 bits per heavy atom. The van der Waals surface area contributed by atoms with Gasteiger partial charge in [-0.05, 0) is 89.1 Å². The lowest BCUT2D eigenvalue weighted by Gasteiger charge is -2.32. The van der Waals surface area contributed by atoms with Crippen LogP contribution in [-0.2, 0) is 23.4 Å². The van der Waals surface area contributed by atoms with E-state index in [9.17, 15) is 0 Å². The van der Waals surface area contributed by atoms with Gasteiger partial charge in [-0.25, -0.2) is 9.97 Å². The quantitative estimate of drug-likeness (QED) is 0.133. The Bertz CT molecular complexity index is 2010. The van der Waals surface area contributed by atoms with Gasteiger partial charge in [0.05, 0.1) is 34.1 Å². The fourth-order valence-corrected chi connectivity index (χ4v) is 5.47. The lowest BCUT2D eigenvalue weighted by molar-refractivity contribution is 0.00578. The highest BCUT2D eigenvalue weighted by Crippen LogP contribution is 2.36. The fourth-order valence-electron chi connectivity index (χ4n) is 4.87. The van der Waals surface area contributed by atoms with Gasteiger partial charge in [0.1, 0.15) is 5.15 Å². The van der Waals surface area contributed by atoms with E-state index in [4.69, 9.17) is 44.1 Å². The van der Waals surface area contributed by atoms with E-state index in [0.717, 1.165) is 54.7 Å². The molecule has 6 aromatic rings. The number of benzene rings is 2. The lowest BCUT2D eigenvalue weighted by Crippen LogP contribution is -2.41. The summed E-state index contributed by atoms with van der Waals surface area (Å²) in [4.78, 5) is 8.90. The maximum absolute atomic E-state index is 6.18. The Kier molecular flexibility index (Phi) is 11.1. The molecule has 0 amide bonds. The maximum Gasteiger partial charge on any atom is 0.498 e. The van der Waals surface area contributed by atoms with Crippen LogP contribution in [0.15, 0.2) is 73.3 Å². The molecule has 2 aromatic carbocycles. The predicted octanol–water partition coefficient (Wildman–Crippen LogP) is 8.80. The van der Waals surface area contributed by atoms with Crippen molar-refractivity contribution < 1.29 is 9.31 Å². The zero-order valence-electron chi connectivity index (χ0n) is 27.1. The summed E-state index contributed by atoms with van der Waals surface area (Å²) < 4.78 is 15.3. The van der Waals surface area contributed by atoms with Crippen LogP contribution in [0.4, 0.5) is 0 Å². The summed E-state index contributed by atoms with van der Waals surface area (Å²) >= 11 is 18.1. The zero-order chi connectivity index (χ0) is 33.4. The van der Waals surface area contributed by atoms with Crippen molar-refractivity contribution in [2.45, 2.75) is 60.2 Å². The Balaban J connectivity index is 0.000000160. The van der Waals surface area contributed by atoms with Gasteiger partial charge >= 0.3 is 7.12 Å². The minimum Gasteiger partial charge on any atom is -0.399 e. The highest BCUT2D eigenvalue weighted by Gasteiger charge is 2.52. The van der Waals surface area contributed by atoms with Crippen LogP contribution in [0.1, 0.15) is 46.2 Å². The van der Waals surface area contributed by atoms with E-state index in [1.807, 2.05) is 117 Å². The molecular weight excluding hydrogens is 654 g/mol. The van der Waals surface area contributed by atoms with Crippen LogP contribution >= 0.6 is 34.8 Å². The van der Waals surface area contributed by atoms with Crippen molar-refractivity contribution in [1.29, 1.82) is 0 Å². The average Bonchev–Trinajstić information content (AvgIpc) is 3.67. The molecule has 0 bridgehead atoms. The number of halogens is 3. The van der Waals surface area contributed by atoms with Crippen molar-refractivity contribution in [2.24, 2.45) is 14.1 Å². The van der Waals surface area contributed by atoms with Crippen LogP contribution in [0.25, 0.3) is 33.1 Å². The van der Waals surface area contributed by atoms with Gasteiger partial charge in [0, 0.05) is 64.5 Å². The van der Waals surface area contributed by atoms with Crippen molar-refractivity contribution in [2.75, 3.05) is 0 Å². The average molecular weight is 694 g/mol. The number of fused-ring (bicyclic) bond motifs is 2. The zero-order valence-corrected chi connectivity index (χ0v) is 29.4. The van der Waals surface area contributed by atoms with E-state index in [-0.39, 0.29) is 25.7 Å². The first kappa shape index (κ1) is 36.4. The fraction of sp³-hybridized carbons (Fsp3) is 0.314. The molecule has 8 nitrogen and oxygen atoms in total. The molecule has 0 N–H and O–H groups in total. The summed E-state index contributed by atoms with van der Waals surface area (Å²) in [6.07, 6.45) is 7.49. The Labute approximate surface area is 292 Å². The lowest BCUT2D eigenvalue weighted by atomic mass is 9.82. The summed E-state index contributed by atoms with van der Waals surface area (Å²) in [7, 11) is 3.48. The van der Waals surface area contributed by atoms with E-state index in [0.29, 0.717) is 10.2 Å². The molecule has 0 spiro atoms. The standard InChI is InChI=1S/C14H12ClN3.C10H17BN2O2.C10H7Cl2N.CH4/c1-9-6-11-12(15)4-3-5-13(11)17-14(9)10-7-16-18(2)8-10;1-9(2)10(3,4)15-11(14-9)8-6-12-13(5)7-8;1-6-5-7-8(11)3-2-4-9(7)13-10(6)12;/h3-8H,1-2H3;6-7H,1-5H3;2-5H,1H3;1H4. The molecule has 0 atom stereocenters. The topological polar surface area (TPSA) is 79.9 Å². The second-order valence-corrected chi connectivity index (χ2v) is 13.5. The van der Waals surface area contributed by atoms with Gasteiger partial charge in [-0.2, -0.15) is 10.2 Å². The molecule has 1 aliphatic heterocycles. The normalized spacial score (nSPS) is 14.7. The molecule has 12 heteroatoms. The number of aromatic nitrogens is 6. The SMILES string of the molecule is C.Cc1cc2c(Cl)cccc2nc1-c1cnn(C)c1.Cc1cc2c(Cl)cccc2nc1Cl.Cn1cc(B2OC(C)(C)C(C)(C)O2)cn1. The summed E-state index contributed by atoms with van der Waals surface area (Å²) in [6, 6.07) is 15.4. The predicted molar refractivity (Wildman–Crippen MR) is 196 cm³/mol. The van der Waals surface area contributed by atoms with E-state index in [1.165, 1.54) is 0 Å². The van der Waals surface area contributed by atoms with Gasteiger partial charge in [-0.3, -0.25) is 9.36 Å². The van der Waals surface area contributed by atoms with E-state index in [1.54, 1.807) is 15.6 Å². The van der Waals surface area contributed by atoms with Crippen molar-refractivity contribution >= 4 is 69.2 Å². The van der Waals surface area contributed by atoms with Crippen LogP contribution in [-0.4, -0.2) is 47.8 Å². The van der Waals surface area contributed by atoms with Crippen LogP contribution < -0.4 is 5.46 Å². The summed E-state index contributed by atoms with van der Waals surface area (Å²) in [6.45, 7) is 12.1. The Morgan fingerprint density at radius 3 is 1.72 bits per heavy atom. The van der Waals surface area contributed by atoms with Crippen molar-refractivity contribution in [3.05, 3.63) is 99.6 Å². The van der Waals surface area contributed by atoms with Crippen LogP contribution in [0.2, 0.25) is 15.2 Å². The number of hydrogen-bond acceptors (Lipinski definition) is 6. The first-order chi connectivity index (χ1) is 21.6. The molecule has 1 fully saturated rings. The van der Waals surface area contributed by atoms with Gasteiger partial charge in [0.15, 0.2) is 0 Å². The van der Waals surface area contributed by atoms with Crippen molar-refractivity contribution in [3.8, 4) is 11.3 Å². The molecular formula is C35H40BCl3N6O2. The highest BCUT2D eigenvalue weighted by atomic mass is 35.5. The Hall–Kier alpha value is -3.47. The van der Waals surface area contributed by atoms with Crippen LogP contribution in [0, 0.1) is 13.8 Å². The molecule has 0 radical (unpaired) electrons. The molecule has 0 unspecified atom stereocenters. The monoisotopic (exact) mass is 692 g/mol. The van der Waals surface area contributed by atoms with Crippen LogP contribution in [0.5, 0.6) is 0 Å². The molecule has 7 rings (SSSR count). The first-order valence-corrected chi connectivity index (χ1v) is 15.9. The van der Waals surface area contributed by atoms with Crippen LogP contribution in [0.3, 0.4) is 0 Å². The summed E-state index contributed by atoms with van der Waals surface area (Å²) in [5.41, 5.74) is 6.17. The van der Waals surface area contributed by atoms with Gasteiger partial charge in [-0.15, -0.1) is 0 Å². The third-order valence-electron chi connectivity index (χ3n) is 8.16. The molecule has 4 aromatic heterocycles. The smallest absolute Gasteiger partial charge is 0.399 e. The number of pyridine rings is 2. The molecule has 1 aliphatic rings. The van der Waals surface area contributed by atoms with Gasteiger partial charge < -0.3 is 9.31 Å². The first-order valence-electron chi connectivity index (χ1n) is 14.8. The number of aryl methyl sites for hydroxylation is 4. The minimum atomic E-state index is -0.302. The third-order valence-corrected chi connectivity index (χ3v) is 9.20. The maximum atomic E-state index is 6.18. The molecule has 246 valence electrons. The Morgan fingerprint density at radius 1 is 0.702 bits per heavy atom. The molecule has 0 aliphatic carbocycles. The second-order valence-electron chi connectivity index (χ2n) is 12.3. The van der Waals surface area contributed by atoms with E-state index >= 15 is 0 Å². The molecule has 1 saturated heterocycles. The summed E-state index contributed by atoms with van der Waals surface area (Å²) in [5.74, 6) is 0. The minimum absolute atomic E-state index is 0. The molecule has 5 heterocycles. The van der Waals surface area contributed by atoms with E-state index < -0.39 is 0 Å². The van der Waals surface area contributed by atoms with Gasteiger partial charge in [-0.1, -0.05) is 54.4 Å². The van der Waals surface area contributed by atoms with Crippen molar-refractivity contribution in [1.82, 2.24) is 29.5 Å².